The monoisotopic (exact) mass is 340 g/mol. The molecule has 130 valence electrons. The number of carboxylic acid groups (broad SMARTS) is 2. The fourth-order valence-electron chi connectivity index (χ4n) is 1.76. The van der Waals surface area contributed by atoms with Gasteiger partial charge >= 0.3 is 11.9 Å². The lowest BCUT2D eigenvalue weighted by atomic mass is 10.2. The summed E-state index contributed by atoms with van der Waals surface area (Å²) in [6, 6.07) is -2.24. The summed E-state index contributed by atoms with van der Waals surface area (Å²) in [7, 11) is 0. The van der Waals surface area contributed by atoms with E-state index in [0.717, 1.165) is 0 Å². The molecular weight excluding hydrogens is 324 g/mol. The summed E-state index contributed by atoms with van der Waals surface area (Å²) in [6.07, 6.45) is 5.91. The summed E-state index contributed by atoms with van der Waals surface area (Å²) in [6.45, 7) is 0. The molecule has 2 aromatic heterocycles. The molecule has 6 N–H and O–H groups in total. The Morgan fingerprint density at radius 1 is 0.958 bits per heavy atom. The largest absolute Gasteiger partial charge is 0.480 e. The Bertz CT molecular complexity index is 574. The molecule has 0 unspecified atom stereocenters. The zero-order valence-electron chi connectivity index (χ0n) is 12.3. The van der Waals surface area contributed by atoms with E-state index in [2.05, 4.69) is 40.9 Å². The van der Waals surface area contributed by atoms with Crippen LogP contribution in [0.1, 0.15) is 11.4 Å². The third-order valence-corrected chi connectivity index (χ3v) is 2.98. The van der Waals surface area contributed by atoms with Crippen LogP contribution in [0.15, 0.2) is 25.0 Å². The highest BCUT2D eigenvalue weighted by molar-refractivity contribution is 5.74. The molecule has 12 nitrogen and oxygen atoms in total. The zero-order chi connectivity index (χ0) is 17.4. The molecule has 0 saturated heterocycles. The van der Waals surface area contributed by atoms with Crippen LogP contribution in [0.5, 0.6) is 0 Å². The number of hydrogen-bond acceptors (Lipinski definition) is 8. The summed E-state index contributed by atoms with van der Waals surface area (Å²) in [5.74, 6) is -2.36. The Morgan fingerprint density at radius 3 is 1.67 bits per heavy atom. The van der Waals surface area contributed by atoms with Crippen molar-refractivity contribution in [2.45, 2.75) is 24.9 Å². The van der Waals surface area contributed by atoms with Crippen LogP contribution < -0.4 is 11.0 Å². The van der Waals surface area contributed by atoms with Crippen LogP contribution in [-0.2, 0) is 32.4 Å². The molecule has 0 aromatic carbocycles. The average molecular weight is 340 g/mol. The molecule has 12 heteroatoms. The van der Waals surface area contributed by atoms with Crippen LogP contribution >= 0.6 is 0 Å². The number of aromatic nitrogens is 4. The van der Waals surface area contributed by atoms with Crippen molar-refractivity contribution in [2.75, 3.05) is 0 Å². The van der Waals surface area contributed by atoms with Gasteiger partial charge in [-0.25, -0.2) is 9.97 Å². The first-order valence-corrected chi connectivity index (χ1v) is 6.80. The Balaban J connectivity index is 1.76. The maximum Gasteiger partial charge on any atom is 0.323 e. The Labute approximate surface area is 135 Å². The van der Waals surface area contributed by atoms with E-state index in [1.165, 1.54) is 25.0 Å². The number of hydrogen-bond donors (Lipinski definition) is 6. The smallest absolute Gasteiger partial charge is 0.323 e. The predicted octanol–water partition coefficient (Wildman–Crippen LogP) is -1.22. The van der Waals surface area contributed by atoms with Crippen LogP contribution in [0.25, 0.3) is 0 Å². The number of carboxylic acids is 2. The first-order valence-electron chi connectivity index (χ1n) is 6.80. The molecule has 0 aliphatic rings. The molecule has 0 bridgehead atoms. The third-order valence-electron chi connectivity index (χ3n) is 2.98. The Morgan fingerprint density at radius 2 is 1.38 bits per heavy atom. The number of nitrogens with zero attached hydrogens (tertiary/aromatic N) is 2. The number of rotatable bonds is 11. The van der Waals surface area contributed by atoms with Crippen molar-refractivity contribution in [1.29, 1.82) is 0 Å². The summed E-state index contributed by atoms with van der Waals surface area (Å²) in [5.41, 5.74) is 5.49. The number of aromatic amines is 2. The van der Waals surface area contributed by atoms with Gasteiger partial charge in [-0.2, -0.15) is 11.0 Å². The minimum atomic E-state index is -1.18. The van der Waals surface area contributed by atoms with E-state index in [0.29, 0.717) is 11.4 Å². The van der Waals surface area contributed by atoms with Crippen molar-refractivity contribution in [3.05, 3.63) is 36.4 Å². The molecule has 2 heterocycles. The molecule has 0 fully saturated rings. The van der Waals surface area contributed by atoms with E-state index in [9.17, 15) is 9.59 Å². The van der Waals surface area contributed by atoms with Gasteiger partial charge in [-0.05, 0) is 0 Å². The summed E-state index contributed by atoms with van der Waals surface area (Å²) >= 11 is 0. The molecule has 0 aliphatic heterocycles. The van der Waals surface area contributed by atoms with E-state index < -0.39 is 24.0 Å². The number of nitrogens with one attached hydrogen (secondary N) is 4. The van der Waals surface area contributed by atoms with Crippen LogP contribution in [0.4, 0.5) is 0 Å². The standard InChI is InChI=1S/C12H16N6O6/c19-11(20)9(1-7-3-13-5-15-7)17-23-24-18-10(12(21)22)2-8-4-14-6-16-8/h3-6,9-10,17-18H,1-2H2,(H,13,15)(H,14,16)(H,19,20)(H,21,22)/t9-,10-/m0/s1. The lowest BCUT2D eigenvalue weighted by Crippen LogP contribution is -2.43. The van der Waals surface area contributed by atoms with Crippen molar-refractivity contribution < 1.29 is 29.8 Å². The van der Waals surface area contributed by atoms with Gasteiger partial charge in [0.15, 0.2) is 0 Å². The molecule has 2 aromatic rings. The molecule has 24 heavy (non-hydrogen) atoms. The van der Waals surface area contributed by atoms with Crippen molar-refractivity contribution in [2.24, 2.45) is 0 Å². The molecular formula is C12H16N6O6. The maximum atomic E-state index is 11.1. The van der Waals surface area contributed by atoms with Crippen molar-refractivity contribution in [3.63, 3.8) is 0 Å². The SMILES string of the molecule is O=C(O)[C@H](Cc1cnc[nH]1)NOON[C@@H](Cc1cnc[nH]1)C(=O)O. The van der Waals surface area contributed by atoms with E-state index in [1.54, 1.807) is 0 Å². The molecule has 0 saturated carbocycles. The maximum absolute atomic E-state index is 11.1. The molecule has 2 rings (SSSR count). The van der Waals surface area contributed by atoms with Crippen LogP contribution in [0.3, 0.4) is 0 Å². The molecule has 0 spiro atoms. The first kappa shape index (κ1) is 17.6. The van der Waals surface area contributed by atoms with Gasteiger partial charge < -0.3 is 20.2 Å². The minimum absolute atomic E-state index is 0.0647. The number of carbonyl (C=O) groups is 2. The number of H-pyrrole nitrogens is 2. The highest BCUT2D eigenvalue weighted by Gasteiger charge is 2.21. The second-order valence-corrected chi connectivity index (χ2v) is 4.75. The Kier molecular flexibility index (Phi) is 6.39. The van der Waals surface area contributed by atoms with E-state index in [-0.39, 0.29) is 12.8 Å². The normalized spacial score (nSPS) is 13.5. The second-order valence-electron chi connectivity index (χ2n) is 4.75. The van der Waals surface area contributed by atoms with Gasteiger partial charge in [0, 0.05) is 36.6 Å². The molecule has 0 aliphatic carbocycles. The van der Waals surface area contributed by atoms with E-state index in [1.807, 2.05) is 0 Å². The minimum Gasteiger partial charge on any atom is -0.480 e. The highest BCUT2D eigenvalue weighted by atomic mass is 17.3. The predicted molar refractivity (Wildman–Crippen MR) is 75.9 cm³/mol. The zero-order valence-corrected chi connectivity index (χ0v) is 12.3. The van der Waals surface area contributed by atoms with Gasteiger partial charge in [-0.3, -0.25) is 9.59 Å². The third kappa shape index (κ3) is 5.44. The molecule has 0 radical (unpaired) electrons. The summed E-state index contributed by atoms with van der Waals surface area (Å²) < 4.78 is 0. The van der Waals surface area contributed by atoms with E-state index in [4.69, 9.17) is 10.2 Å². The van der Waals surface area contributed by atoms with Crippen LogP contribution in [-0.4, -0.2) is 54.2 Å². The molecule has 2 atom stereocenters. The second kappa shape index (κ2) is 8.73. The summed E-state index contributed by atoms with van der Waals surface area (Å²) in [4.78, 5) is 44.4. The van der Waals surface area contributed by atoms with Crippen LogP contribution in [0, 0.1) is 0 Å². The lowest BCUT2D eigenvalue weighted by Gasteiger charge is -2.15. The van der Waals surface area contributed by atoms with Gasteiger partial charge in [0.25, 0.3) is 0 Å². The van der Waals surface area contributed by atoms with Gasteiger partial charge in [0.2, 0.25) is 0 Å². The summed E-state index contributed by atoms with van der Waals surface area (Å²) in [5, 5.41) is 18.2. The van der Waals surface area contributed by atoms with Gasteiger partial charge in [0.05, 0.1) is 12.7 Å². The molecule has 0 amide bonds. The first-order chi connectivity index (χ1) is 11.6. The topological polar surface area (TPSA) is 174 Å². The number of hydroxylamine groups is 2. The van der Waals surface area contributed by atoms with Crippen LogP contribution in [0.2, 0.25) is 0 Å². The van der Waals surface area contributed by atoms with E-state index >= 15 is 0 Å². The number of aliphatic carboxylic acids is 2. The van der Waals surface area contributed by atoms with Gasteiger partial charge in [-0.1, -0.05) is 0 Å². The fourth-order valence-corrected chi connectivity index (χ4v) is 1.76. The van der Waals surface area contributed by atoms with Crippen molar-refractivity contribution in [1.82, 2.24) is 30.9 Å². The van der Waals surface area contributed by atoms with Gasteiger partial charge in [-0.15, -0.1) is 9.98 Å². The van der Waals surface area contributed by atoms with Crippen molar-refractivity contribution in [3.8, 4) is 0 Å². The number of imidazole rings is 2. The van der Waals surface area contributed by atoms with Gasteiger partial charge in [0.1, 0.15) is 12.1 Å². The lowest BCUT2D eigenvalue weighted by molar-refractivity contribution is -0.381. The average Bonchev–Trinajstić information content (AvgIpc) is 3.22. The highest BCUT2D eigenvalue weighted by Crippen LogP contribution is 2.00. The fraction of sp³-hybridized carbons (Fsp3) is 0.333. The quantitative estimate of drug-likeness (QED) is 0.165. The van der Waals surface area contributed by atoms with Crippen molar-refractivity contribution >= 4 is 11.9 Å². The Hall–Kier alpha value is -2.80.